The summed E-state index contributed by atoms with van der Waals surface area (Å²) in [5, 5.41) is 17.3. The highest BCUT2D eigenvalue weighted by molar-refractivity contribution is 7.91. The third-order valence-corrected chi connectivity index (χ3v) is 15.6. The molecular weight excluding hydrogens is 902 g/mol. The molecule has 0 saturated carbocycles. The quantitative estimate of drug-likeness (QED) is 0.105. The standard InChI is InChI=1S/C47H50ClN9O9S/c1-47(2)12-10-29(33(23-47)27-4-6-30(48)7-5-27)24-54-14-16-55(17-15-54)35-9-8-32(44(49)58)42(56-36-20-28-11-13-50-45(28)52-41(36)46(59)53(56)3)43(35)67(62,63)31-21-37(57(60)61)40-38(22-31)66-25-34(51-40)39-26-64-18-19-65-39/h4-9,11,13,20-22,34,39,51H,10,12,14-19,23-26H2,1-3H3,(H2,49,58)(H,50,52)/t34-,39+/m0/s1. The number of fused-ring (bicyclic) bond motifs is 3. The van der Waals surface area contributed by atoms with Gasteiger partial charge in [-0.2, -0.15) is 0 Å². The van der Waals surface area contributed by atoms with Crippen LogP contribution in [-0.4, -0.2) is 115 Å². The molecule has 3 aromatic carbocycles. The van der Waals surface area contributed by atoms with Crippen LogP contribution in [-0.2, 0) is 26.4 Å². The maximum atomic E-state index is 15.8. The van der Waals surface area contributed by atoms with Crippen LogP contribution in [0.2, 0.25) is 5.02 Å². The van der Waals surface area contributed by atoms with Gasteiger partial charge in [-0.1, -0.05) is 43.2 Å². The molecule has 0 radical (unpaired) electrons. The van der Waals surface area contributed by atoms with Gasteiger partial charge in [0.15, 0.2) is 17.0 Å². The molecule has 20 heteroatoms. The minimum Gasteiger partial charge on any atom is -0.489 e. The normalized spacial score (nSPS) is 20.1. The molecule has 0 bridgehead atoms. The van der Waals surface area contributed by atoms with Crippen LogP contribution < -0.4 is 26.2 Å². The van der Waals surface area contributed by atoms with Gasteiger partial charge in [0.2, 0.25) is 9.84 Å². The van der Waals surface area contributed by atoms with Crippen LogP contribution in [0, 0.1) is 15.5 Å². The number of primary amides is 1. The second-order valence-corrected chi connectivity index (χ2v) is 20.7. The molecule has 6 aromatic rings. The summed E-state index contributed by atoms with van der Waals surface area (Å²) in [5.41, 5.74) is 9.42. The van der Waals surface area contributed by atoms with Crippen LogP contribution in [0.5, 0.6) is 5.75 Å². The first kappa shape index (κ1) is 44.6. The highest BCUT2D eigenvalue weighted by Gasteiger charge is 2.39. The number of rotatable bonds is 10. The largest absolute Gasteiger partial charge is 0.489 e. The van der Waals surface area contributed by atoms with Crippen molar-refractivity contribution in [1.82, 2.24) is 24.2 Å². The number of nitro groups is 1. The van der Waals surface area contributed by atoms with Crippen LogP contribution in [0.25, 0.3) is 33.3 Å². The number of aromatic amines is 1. The van der Waals surface area contributed by atoms with Crippen LogP contribution >= 0.6 is 11.6 Å². The molecule has 18 nitrogen and oxygen atoms in total. The van der Waals surface area contributed by atoms with Gasteiger partial charge in [-0.3, -0.25) is 24.6 Å². The molecular formula is C47H50ClN9O9S. The fraction of sp³-hybridized carbons (Fsp3) is 0.383. The minimum absolute atomic E-state index is 0.00640. The maximum Gasteiger partial charge on any atom is 0.297 e. The molecule has 2 saturated heterocycles. The third-order valence-electron chi connectivity index (χ3n) is 13.5. The summed E-state index contributed by atoms with van der Waals surface area (Å²) in [6.45, 7) is 8.22. The van der Waals surface area contributed by atoms with Crippen molar-refractivity contribution >= 4 is 72.0 Å². The number of nitrogens with two attached hydrogens (primary N) is 1. The van der Waals surface area contributed by atoms with E-state index in [1.165, 1.54) is 39.7 Å². The number of carbonyl (C=O) groups is 1. The van der Waals surface area contributed by atoms with Crippen LogP contribution in [0.4, 0.5) is 17.1 Å². The number of hydrogen-bond acceptors (Lipinski definition) is 13. The van der Waals surface area contributed by atoms with Crippen molar-refractivity contribution in [1.29, 1.82) is 0 Å². The first-order valence-electron chi connectivity index (χ1n) is 22.2. The van der Waals surface area contributed by atoms with Crippen LogP contribution in [0.1, 0.15) is 49.0 Å². The van der Waals surface area contributed by atoms with Gasteiger partial charge < -0.3 is 35.1 Å². The first-order valence-corrected chi connectivity index (χ1v) is 24.1. The van der Waals surface area contributed by atoms with Crippen molar-refractivity contribution in [3.05, 3.63) is 109 Å². The molecule has 3 aliphatic heterocycles. The van der Waals surface area contributed by atoms with E-state index in [9.17, 15) is 19.7 Å². The van der Waals surface area contributed by atoms with Gasteiger partial charge in [0.25, 0.3) is 17.2 Å². The molecule has 350 valence electrons. The second kappa shape index (κ2) is 17.1. The van der Waals surface area contributed by atoms with E-state index in [4.69, 9.17) is 31.5 Å². The number of H-pyrrole nitrogens is 1. The molecule has 2 fully saturated rings. The Morgan fingerprint density at radius 3 is 2.54 bits per heavy atom. The van der Waals surface area contributed by atoms with E-state index in [0.29, 0.717) is 55.4 Å². The van der Waals surface area contributed by atoms with Gasteiger partial charge in [0, 0.05) is 68.5 Å². The zero-order valence-electron chi connectivity index (χ0n) is 37.2. The number of sulfone groups is 1. The SMILES string of the molecule is Cn1c(=O)c2nc3[nH]ccc3cc2n1-c1c(C(N)=O)ccc(N2CCN(CC3=C(c4ccc(Cl)cc4)CC(C)(C)CC3)CC2)c1S(=O)(=O)c1cc2c(c([N+](=O)[O-])c1)N[C@H]([C@H]1COCCO1)CO2. The lowest BCUT2D eigenvalue weighted by molar-refractivity contribution is -0.384. The predicted octanol–water partition coefficient (Wildman–Crippen LogP) is 6.07. The van der Waals surface area contributed by atoms with E-state index in [2.05, 4.69) is 46.2 Å². The van der Waals surface area contributed by atoms with Crippen molar-refractivity contribution in [2.75, 3.05) is 69.4 Å². The van der Waals surface area contributed by atoms with E-state index in [-0.39, 0.29) is 62.9 Å². The topological polar surface area (TPSA) is 222 Å². The maximum absolute atomic E-state index is 15.8. The van der Waals surface area contributed by atoms with E-state index < -0.39 is 49.0 Å². The second-order valence-electron chi connectivity index (χ2n) is 18.4. The van der Waals surface area contributed by atoms with Gasteiger partial charge in [-0.05, 0) is 72.2 Å². The first-order chi connectivity index (χ1) is 32.1. The molecule has 6 heterocycles. The Hall–Kier alpha value is -6.25. The van der Waals surface area contributed by atoms with Crippen molar-refractivity contribution in [2.24, 2.45) is 18.2 Å². The van der Waals surface area contributed by atoms with Crippen molar-refractivity contribution < 1.29 is 32.3 Å². The molecule has 0 spiro atoms. The molecule has 10 rings (SSSR count). The number of aromatic nitrogens is 4. The molecule has 4 aliphatic rings. The summed E-state index contributed by atoms with van der Waals surface area (Å²) < 4.78 is 51.6. The van der Waals surface area contributed by atoms with E-state index in [0.717, 1.165) is 37.4 Å². The van der Waals surface area contributed by atoms with E-state index >= 15 is 8.42 Å². The molecule has 1 aliphatic carbocycles. The Balaban J connectivity index is 1.10. The number of allylic oxidation sites excluding steroid dienone is 1. The number of benzene rings is 3. The van der Waals surface area contributed by atoms with Gasteiger partial charge >= 0.3 is 0 Å². The fourth-order valence-electron chi connectivity index (χ4n) is 9.93. The molecule has 3 aromatic heterocycles. The summed E-state index contributed by atoms with van der Waals surface area (Å²) in [6, 6.07) is 16.1. The highest BCUT2D eigenvalue weighted by Crippen LogP contribution is 2.46. The Morgan fingerprint density at radius 1 is 1.04 bits per heavy atom. The Kier molecular flexibility index (Phi) is 11.4. The number of pyridine rings is 1. The van der Waals surface area contributed by atoms with E-state index in [1.54, 1.807) is 24.4 Å². The summed E-state index contributed by atoms with van der Waals surface area (Å²) in [5.74, 6) is -1.02. The Morgan fingerprint density at radius 2 is 1.82 bits per heavy atom. The molecule has 67 heavy (non-hydrogen) atoms. The summed E-state index contributed by atoms with van der Waals surface area (Å²) in [7, 11) is -3.42. The number of halogens is 1. The van der Waals surface area contributed by atoms with Crippen molar-refractivity contribution in [3.8, 4) is 11.4 Å². The number of piperazine rings is 1. The molecule has 1 amide bonds. The zero-order valence-corrected chi connectivity index (χ0v) is 38.8. The van der Waals surface area contributed by atoms with Gasteiger partial charge in [-0.25, -0.2) is 22.8 Å². The minimum atomic E-state index is -4.87. The number of nitrogens with one attached hydrogen (secondary N) is 2. The monoisotopic (exact) mass is 951 g/mol. The smallest absolute Gasteiger partial charge is 0.297 e. The van der Waals surface area contributed by atoms with Crippen molar-refractivity contribution in [2.45, 2.75) is 55.0 Å². The fourth-order valence-corrected chi connectivity index (χ4v) is 11.7. The lowest BCUT2D eigenvalue weighted by Crippen LogP contribution is -2.47. The highest BCUT2D eigenvalue weighted by atomic mass is 35.5. The average molecular weight is 952 g/mol. The Labute approximate surface area is 390 Å². The van der Waals surface area contributed by atoms with Gasteiger partial charge in [0.05, 0.1) is 58.1 Å². The number of ether oxygens (including phenoxy) is 3. The summed E-state index contributed by atoms with van der Waals surface area (Å²) >= 11 is 6.28. The number of nitro benzene ring substituents is 1. The molecule has 4 N–H and O–H groups in total. The number of amides is 1. The number of nitrogens with zero attached hydrogens (tertiary/aromatic N) is 6. The van der Waals surface area contributed by atoms with Gasteiger partial charge in [0.1, 0.15) is 23.3 Å². The number of anilines is 2. The molecule has 2 atom stereocenters. The Bertz CT molecular complexity index is 3180. The van der Waals surface area contributed by atoms with Crippen LogP contribution in [0.3, 0.4) is 0 Å². The average Bonchev–Trinajstić information content (AvgIpc) is 3.88. The lowest BCUT2D eigenvalue weighted by atomic mass is 9.72. The summed E-state index contributed by atoms with van der Waals surface area (Å²) in [4.78, 5) is 50.8. The molecule has 0 unspecified atom stereocenters. The summed E-state index contributed by atoms with van der Waals surface area (Å²) in [6.07, 6.45) is 4.11. The van der Waals surface area contributed by atoms with Crippen molar-refractivity contribution in [3.63, 3.8) is 0 Å². The lowest BCUT2D eigenvalue weighted by Gasteiger charge is -2.40. The van der Waals surface area contributed by atoms with E-state index in [1.807, 2.05) is 17.0 Å². The number of hydrogen-bond donors (Lipinski definition) is 3. The van der Waals surface area contributed by atoms with Gasteiger partial charge in [-0.15, -0.1) is 0 Å². The third kappa shape index (κ3) is 8.11. The predicted molar refractivity (Wildman–Crippen MR) is 253 cm³/mol. The number of carbonyl (C=O) groups excluding carboxylic acids is 1. The van der Waals surface area contributed by atoms with Crippen LogP contribution in [0.15, 0.2) is 87.0 Å². The zero-order chi connectivity index (χ0) is 46.9.